The van der Waals surface area contributed by atoms with Crippen LogP contribution in [0.1, 0.15) is 49.9 Å². The van der Waals surface area contributed by atoms with Gasteiger partial charge in [0.2, 0.25) is 5.91 Å². The molecule has 5 rings (SSSR count). The smallest absolute Gasteiger partial charge is 0.237 e. The quantitative estimate of drug-likeness (QED) is 0.626. The Balaban J connectivity index is 1.35. The maximum Gasteiger partial charge on any atom is 0.237 e. The van der Waals surface area contributed by atoms with Crippen LogP contribution in [-0.4, -0.2) is 52.4 Å². The highest BCUT2D eigenvalue weighted by Gasteiger charge is 2.38. The van der Waals surface area contributed by atoms with Gasteiger partial charge in [0.05, 0.1) is 23.3 Å². The Bertz CT molecular complexity index is 1010. The van der Waals surface area contributed by atoms with Crippen LogP contribution in [-0.2, 0) is 14.6 Å². The first-order chi connectivity index (χ1) is 14.0. The minimum absolute atomic E-state index is 0.0301. The molecule has 0 bridgehead atoms. The van der Waals surface area contributed by atoms with Crippen molar-refractivity contribution in [3.05, 3.63) is 36.2 Å². The lowest BCUT2D eigenvalue weighted by Crippen LogP contribution is -2.42. The molecular formula is C20H24N4O3S2. The monoisotopic (exact) mass is 432 g/mol. The molecule has 7 nitrogen and oxygen atoms in total. The van der Waals surface area contributed by atoms with Gasteiger partial charge in [-0.1, -0.05) is 30.0 Å². The molecule has 9 heteroatoms. The van der Waals surface area contributed by atoms with E-state index >= 15 is 0 Å². The Kier molecular flexibility index (Phi) is 4.90. The lowest BCUT2D eigenvalue weighted by Gasteiger charge is -2.28. The van der Waals surface area contributed by atoms with Crippen LogP contribution in [0.2, 0.25) is 0 Å². The SMILES string of the molecule is O=C(CSc1nnc(C2CC2)n1C1CC1)N(c1ccccc1)C1CCS(=O)(=O)C1. The summed E-state index contributed by atoms with van der Waals surface area (Å²) in [5.74, 6) is 1.91. The van der Waals surface area contributed by atoms with E-state index in [4.69, 9.17) is 0 Å². The molecule has 2 saturated carbocycles. The van der Waals surface area contributed by atoms with Gasteiger partial charge in [-0.2, -0.15) is 0 Å². The number of carbonyl (C=O) groups is 1. The van der Waals surface area contributed by atoms with Crippen molar-refractivity contribution in [2.24, 2.45) is 0 Å². The van der Waals surface area contributed by atoms with Crippen molar-refractivity contribution in [2.45, 2.75) is 55.3 Å². The van der Waals surface area contributed by atoms with E-state index in [0.29, 0.717) is 18.4 Å². The summed E-state index contributed by atoms with van der Waals surface area (Å²) in [5, 5.41) is 9.59. The van der Waals surface area contributed by atoms with Crippen molar-refractivity contribution in [1.29, 1.82) is 0 Å². The van der Waals surface area contributed by atoms with Crippen molar-refractivity contribution in [3.8, 4) is 0 Å². The first-order valence-corrected chi connectivity index (χ1v) is 13.0. The van der Waals surface area contributed by atoms with Crippen LogP contribution < -0.4 is 4.90 Å². The molecule has 3 fully saturated rings. The molecule has 1 unspecified atom stereocenters. The second kappa shape index (κ2) is 7.43. The molecule has 0 radical (unpaired) electrons. The van der Waals surface area contributed by atoms with E-state index in [1.165, 1.54) is 24.6 Å². The van der Waals surface area contributed by atoms with Crippen LogP contribution in [0.3, 0.4) is 0 Å². The third-order valence-electron chi connectivity index (χ3n) is 5.75. The minimum Gasteiger partial charge on any atom is -0.308 e. The number of nitrogens with zero attached hydrogens (tertiary/aromatic N) is 4. The van der Waals surface area contributed by atoms with Crippen LogP contribution in [0.4, 0.5) is 5.69 Å². The van der Waals surface area contributed by atoms with Crippen LogP contribution in [0.15, 0.2) is 35.5 Å². The van der Waals surface area contributed by atoms with Gasteiger partial charge in [0.15, 0.2) is 15.0 Å². The van der Waals surface area contributed by atoms with Crippen LogP contribution in [0.25, 0.3) is 0 Å². The normalized spacial score (nSPS) is 23.2. The highest BCUT2D eigenvalue weighted by molar-refractivity contribution is 7.99. The Hall–Kier alpha value is -1.87. The number of aromatic nitrogens is 3. The van der Waals surface area contributed by atoms with E-state index in [-0.39, 0.29) is 29.2 Å². The standard InChI is InChI=1S/C20H24N4O3S2/c25-18(12-28-20-22-21-19(14-6-7-14)24(20)16-8-9-16)23(15-4-2-1-3-5-15)17-10-11-29(26,27)13-17/h1-5,14,16-17H,6-13H2. The second-order valence-corrected chi connectivity index (χ2v) is 11.3. The summed E-state index contributed by atoms with van der Waals surface area (Å²) in [4.78, 5) is 14.9. The fourth-order valence-corrected chi connectivity index (χ4v) is 6.58. The van der Waals surface area contributed by atoms with Gasteiger partial charge in [0, 0.05) is 17.6 Å². The van der Waals surface area contributed by atoms with Crippen LogP contribution >= 0.6 is 11.8 Å². The van der Waals surface area contributed by atoms with Crippen molar-refractivity contribution >= 4 is 33.2 Å². The van der Waals surface area contributed by atoms with E-state index in [9.17, 15) is 13.2 Å². The lowest BCUT2D eigenvalue weighted by atomic mass is 10.2. The number of benzene rings is 1. The van der Waals surface area contributed by atoms with Gasteiger partial charge in [0.1, 0.15) is 5.82 Å². The average Bonchev–Trinajstić information content (AvgIpc) is 3.64. The largest absolute Gasteiger partial charge is 0.308 e. The zero-order valence-electron chi connectivity index (χ0n) is 16.1. The predicted octanol–water partition coefficient (Wildman–Crippen LogP) is 2.80. The molecule has 1 saturated heterocycles. The summed E-state index contributed by atoms with van der Waals surface area (Å²) in [5.41, 5.74) is 0.752. The van der Waals surface area contributed by atoms with Gasteiger partial charge < -0.3 is 9.47 Å². The topological polar surface area (TPSA) is 85.2 Å². The zero-order valence-corrected chi connectivity index (χ0v) is 17.7. The van der Waals surface area contributed by atoms with Crippen molar-refractivity contribution in [2.75, 3.05) is 22.2 Å². The number of sulfone groups is 1. The van der Waals surface area contributed by atoms with E-state index in [1.807, 2.05) is 30.3 Å². The Labute approximate surface area is 174 Å². The molecule has 154 valence electrons. The molecule has 0 N–H and O–H groups in total. The van der Waals surface area contributed by atoms with Crippen molar-refractivity contribution < 1.29 is 13.2 Å². The van der Waals surface area contributed by atoms with Gasteiger partial charge >= 0.3 is 0 Å². The molecule has 1 atom stereocenters. The summed E-state index contributed by atoms with van der Waals surface area (Å²) in [6.45, 7) is 0. The fraction of sp³-hybridized carbons (Fsp3) is 0.550. The number of hydrogen-bond acceptors (Lipinski definition) is 6. The van der Waals surface area contributed by atoms with Gasteiger partial charge in [0.25, 0.3) is 0 Å². The van der Waals surface area contributed by atoms with Crippen molar-refractivity contribution in [1.82, 2.24) is 14.8 Å². The Morgan fingerprint density at radius 2 is 1.86 bits per heavy atom. The Morgan fingerprint density at radius 3 is 2.48 bits per heavy atom. The number of para-hydroxylation sites is 1. The van der Waals surface area contributed by atoms with Gasteiger partial charge in [-0.25, -0.2) is 8.42 Å². The number of carbonyl (C=O) groups excluding carboxylic acids is 1. The maximum atomic E-state index is 13.2. The molecule has 2 aliphatic carbocycles. The Morgan fingerprint density at radius 1 is 1.10 bits per heavy atom. The molecular weight excluding hydrogens is 408 g/mol. The van der Waals surface area contributed by atoms with Crippen molar-refractivity contribution in [3.63, 3.8) is 0 Å². The lowest BCUT2D eigenvalue weighted by molar-refractivity contribution is -0.116. The van der Waals surface area contributed by atoms with Gasteiger partial charge in [-0.05, 0) is 44.2 Å². The molecule has 1 aliphatic heterocycles. The van der Waals surface area contributed by atoms with E-state index < -0.39 is 9.84 Å². The van der Waals surface area contributed by atoms with E-state index in [1.54, 1.807) is 4.90 Å². The molecule has 1 amide bonds. The van der Waals surface area contributed by atoms with E-state index in [0.717, 1.165) is 29.5 Å². The number of rotatable bonds is 7. The predicted molar refractivity (Wildman–Crippen MR) is 112 cm³/mol. The third kappa shape index (κ3) is 4.07. The number of thioether (sulfide) groups is 1. The molecule has 2 heterocycles. The highest BCUT2D eigenvalue weighted by atomic mass is 32.2. The fourth-order valence-electron chi connectivity index (χ4n) is 4.00. The van der Waals surface area contributed by atoms with Gasteiger partial charge in [-0.3, -0.25) is 4.79 Å². The number of hydrogen-bond donors (Lipinski definition) is 0. The molecule has 1 aromatic heterocycles. The summed E-state index contributed by atoms with van der Waals surface area (Å²) in [6.07, 6.45) is 5.13. The first-order valence-electron chi connectivity index (χ1n) is 10.2. The highest BCUT2D eigenvalue weighted by Crippen LogP contribution is 2.46. The molecule has 29 heavy (non-hydrogen) atoms. The maximum absolute atomic E-state index is 13.2. The average molecular weight is 433 g/mol. The molecule has 0 spiro atoms. The number of amides is 1. The summed E-state index contributed by atoms with van der Waals surface area (Å²) < 4.78 is 26.3. The third-order valence-corrected chi connectivity index (χ3v) is 8.42. The second-order valence-electron chi connectivity index (χ2n) is 8.16. The molecule has 3 aliphatic rings. The molecule has 2 aromatic rings. The van der Waals surface area contributed by atoms with Gasteiger partial charge in [-0.15, -0.1) is 10.2 Å². The van der Waals surface area contributed by atoms with E-state index in [2.05, 4.69) is 14.8 Å². The minimum atomic E-state index is -3.09. The number of anilines is 1. The summed E-state index contributed by atoms with van der Waals surface area (Å²) >= 11 is 1.42. The molecule has 1 aromatic carbocycles. The van der Waals surface area contributed by atoms with Crippen LogP contribution in [0, 0.1) is 0 Å². The van der Waals surface area contributed by atoms with Crippen LogP contribution in [0.5, 0.6) is 0 Å². The summed E-state index contributed by atoms with van der Waals surface area (Å²) in [7, 11) is -3.09. The summed E-state index contributed by atoms with van der Waals surface area (Å²) in [6, 6.07) is 9.54. The zero-order chi connectivity index (χ0) is 20.0. The first kappa shape index (κ1) is 19.1.